The van der Waals surface area contributed by atoms with E-state index in [0.29, 0.717) is 0 Å². The molecule has 1 unspecified atom stereocenters. The van der Waals surface area contributed by atoms with Gasteiger partial charge in [0.15, 0.2) is 0 Å². The molecule has 1 N–H and O–H groups in total. The highest BCUT2D eigenvalue weighted by molar-refractivity contribution is 4.58. The molecule has 3 heteroatoms. The number of hydrogen-bond acceptors (Lipinski definition) is 3. The second-order valence-electron chi connectivity index (χ2n) is 13.0. The van der Waals surface area contributed by atoms with Crippen LogP contribution in [0, 0.1) is 0 Å². The van der Waals surface area contributed by atoms with E-state index in [-0.39, 0.29) is 6.10 Å². The summed E-state index contributed by atoms with van der Waals surface area (Å²) < 4.78 is 9.00. The Balaban J connectivity index is 0.00000233. The van der Waals surface area contributed by atoms with Gasteiger partial charge in [-0.2, -0.15) is 0 Å². The summed E-state index contributed by atoms with van der Waals surface area (Å²) in [6, 6.07) is 0. The number of aliphatic hydroxyl groups excluding tert-OH is 1. The van der Waals surface area contributed by atoms with Crippen molar-refractivity contribution < 1.29 is 14.6 Å². The van der Waals surface area contributed by atoms with E-state index < -0.39 is 0 Å². The highest BCUT2D eigenvalue weighted by Gasteiger charge is 2.04. The molecule has 2 aliphatic rings. The number of aliphatic hydroxyl groups is 1. The third-order valence-electron chi connectivity index (χ3n) is 8.44. The first-order valence-corrected chi connectivity index (χ1v) is 19.1. The van der Waals surface area contributed by atoms with Crippen molar-refractivity contribution in [2.24, 2.45) is 0 Å². The van der Waals surface area contributed by atoms with Crippen LogP contribution in [0.2, 0.25) is 0 Å². The predicted molar refractivity (Wildman–Crippen MR) is 182 cm³/mol. The minimum atomic E-state index is -0.0331. The Labute approximate surface area is 259 Å². The molecule has 0 amide bonds. The fourth-order valence-electron chi connectivity index (χ4n) is 5.47. The number of ether oxygens (including phenoxy) is 2. The van der Waals surface area contributed by atoms with Crippen LogP contribution < -0.4 is 0 Å². The summed E-state index contributed by atoms with van der Waals surface area (Å²) in [7, 11) is 0. The molecule has 0 radical (unpaired) electrons. The largest absolute Gasteiger partial charge is 0.393 e. The van der Waals surface area contributed by atoms with Crippen LogP contribution in [0.25, 0.3) is 0 Å². The molecular weight excluding hydrogens is 504 g/mol. The first-order valence-electron chi connectivity index (χ1n) is 19.1. The summed E-state index contributed by atoms with van der Waals surface area (Å²) in [4.78, 5) is 0. The Morgan fingerprint density at radius 2 is 0.512 bits per heavy atom. The zero-order chi connectivity index (χ0) is 29.7. The van der Waals surface area contributed by atoms with Crippen molar-refractivity contribution in [2.75, 3.05) is 26.4 Å². The summed E-state index contributed by atoms with van der Waals surface area (Å²) in [6.45, 7) is 8.59. The van der Waals surface area contributed by atoms with Gasteiger partial charge in [-0.15, -0.1) is 0 Å². The van der Waals surface area contributed by atoms with E-state index >= 15 is 0 Å². The minimum Gasteiger partial charge on any atom is -0.393 e. The van der Waals surface area contributed by atoms with Crippen LogP contribution in [0.1, 0.15) is 213 Å². The van der Waals surface area contributed by atoms with Crippen LogP contribution in [-0.4, -0.2) is 37.6 Å². The van der Waals surface area contributed by atoms with Crippen molar-refractivity contribution in [2.45, 2.75) is 219 Å². The second-order valence-corrected chi connectivity index (χ2v) is 13.0. The molecule has 2 rings (SSSR count). The zero-order valence-electron chi connectivity index (χ0n) is 28.6. The number of rotatable bonds is 31. The third kappa shape index (κ3) is 47.0. The molecule has 2 aliphatic heterocycles. The van der Waals surface area contributed by atoms with Gasteiger partial charge in [0.2, 0.25) is 0 Å². The fraction of sp³-hybridized carbons (Fsp3) is 1.00. The Hall–Kier alpha value is -0.120. The molecular formula is C38H78O3. The maximum Gasteiger partial charge on any atom is 0.0701 e. The van der Waals surface area contributed by atoms with Crippen LogP contribution in [0.15, 0.2) is 0 Å². The van der Waals surface area contributed by atoms with E-state index in [1.165, 1.54) is 186 Å². The average molecular weight is 583 g/mol. The number of hydrogen-bond donors (Lipinski definition) is 1. The molecule has 0 aromatic rings. The molecule has 0 spiro atoms. The van der Waals surface area contributed by atoms with Crippen LogP contribution >= 0.6 is 0 Å². The smallest absolute Gasteiger partial charge is 0.0701 e. The normalized spacial score (nSPS) is 14.1. The lowest BCUT2D eigenvalue weighted by Crippen LogP contribution is -2.05. The Bertz CT molecular complexity index is 426. The van der Waals surface area contributed by atoms with Gasteiger partial charge >= 0.3 is 0 Å². The monoisotopic (exact) mass is 583 g/mol. The zero-order valence-corrected chi connectivity index (χ0v) is 28.6. The molecule has 0 saturated carbocycles. The Morgan fingerprint density at radius 1 is 0.341 bits per heavy atom. The lowest BCUT2D eigenvalue weighted by molar-refractivity contribution is 0.147. The van der Waals surface area contributed by atoms with Crippen molar-refractivity contribution in [3.63, 3.8) is 0 Å². The fourth-order valence-corrected chi connectivity index (χ4v) is 5.47. The third-order valence-corrected chi connectivity index (χ3v) is 8.44. The molecule has 0 aliphatic carbocycles. The summed E-state index contributed by atoms with van der Waals surface area (Å²) in [5.41, 5.74) is 0. The quantitative estimate of drug-likeness (QED) is 0.0653. The van der Waals surface area contributed by atoms with E-state index in [0.717, 1.165) is 39.3 Å². The molecule has 0 bridgehead atoms. The van der Waals surface area contributed by atoms with Gasteiger partial charge in [0.05, 0.1) is 32.5 Å². The van der Waals surface area contributed by atoms with Crippen molar-refractivity contribution in [3.05, 3.63) is 0 Å². The van der Waals surface area contributed by atoms with Gasteiger partial charge in [0.25, 0.3) is 0 Å². The lowest BCUT2D eigenvalue weighted by Gasteiger charge is -2.10. The molecule has 41 heavy (non-hydrogen) atoms. The van der Waals surface area contributed by atoms with E-state index in [2.05, 4.69) is 23.3 Å². The summed E-state index contributed by atoms with van der Waals surface area (Å²) in [5, 5.41) is 10.2. The maximum atomic E-state index is 10.2. The standard InChI is InChI=1S/C34H70O.2C2H4O/c1-3-5-7-9-11-13-15-17-19-21-23-25-27-29-31-33-34(35)32-30-28-26-24-22-20-18-16-14-12-10-8-6-4-2;2*1-2-3-1/h34-35H,3-33H2,1-2H3;2*1-2H2. The summed E-state index contributed by atoms with van der Waals surface area (Å²) >= 11 is 0. The van der Waals surface area contributed by atoms with Crippen molar-refractivity contribution in [1.82, 2.24) is 0 Å². The highest BCUT2D eigenvalue weighted by Crippen LogP contribution is 2.17. The van der Waals surface area contributed by atoms with Gasteiger partial charge in [-0.05, 0) is 12.8 Å². The van der Waals surface area contributed by atoms with E-state index in [1.54, 1.807) is 0 Å². The molecule has 0 aromatic heterocycles. The van der Waals surface area contributed by atoms with Gasteiger partial charge in [0, 0.05) is 0 Å². The summed E-state index contributed by atoms with van der Waals surface area (Å²) in [5.74, 6) is 0. The van der Waals surface area contributed by atoms with Crippen LogP contribution in [0.3, 0.4) is 0 Å². The number of epoxide rings is 2. The van der Waals surface area contributed by atoms with Gasteiger partial charge < -0.3 is 14.6 Å². The Morgan fingerprint density at radius 3 is 0.683 bits per heavy atom. The van der Waals surface area contributed by atoms with Crippen molar-refractivity contribution in [3.8, 4) is 0 Å². The van der Waals surface area contributed by atoms with Gasteiger partial charge in [0.1, 0.15) is 0 Å². The van der Waals surface area contributed by atoms with Crippen molar-refractivity contribution >= 4 is 0 Å². The van der Waals surface area contributed by atoms with Crippen LogP contribution in [0.5, 0.6) is 0 Å². The first-order chi connectivity index (χ1) is 20.3. The lowest BCUT2D eigenvalue weighted by atomic mass is 10.0. The topological polar surface area (TPSA) is 45.3 Å². The molecule has 0 aromatic carbocycles. The second kappa shape index (κ2) is 37.9. The molecule has 2 heterocycles. The SMILES string of the molecule is C1CO1.C1CO1.CCCCCCCCCCCCCCCCCC(O)CCCCCCCCCCCCCCCC. The minimum absolute atomic E-state index is 0.0331. The molecule has 2 fully saturated rings. The predicted octanol–water partition coefficient (Wildman–Crippen LogP) is 12.5. The van der Waals surface area contributed by atoms with E-state index in [1.807, 2.05) is 0 Å². The average Bonchev–Trinajstić information content (AvgIpc) is 3.87. The van der Waals surface area contributed by atoms with Gasteiger partial charge in [-0.3, -0.25) is 0 Å². The van der Waals surface area contributed by atoms with Gasteiger partial charge in [-0.1, -0.05) is 200 Å². The molecule has 3 nitrogen and oxygen atoms in total. The van der Waals surface area contributed by atoms with Crippen molar-refractivity contribution in [1.29, 1.82) is 0 Å². The first kappa shape index (κ1) is 40.9. The molecule has 2 saturated heterocycles. The summed E-state index contributed by atoms with van der Waals surface area (Å²) in [6.07, 6.45) is 43.0. The maximum absolute atomic E-state index is 10.2. The molecule has 248 valence electrons. The molecule has 1 atom stereocenters. The van der Waals surface area contributed by atoms with E-state index in [4.69, 9.17) is 0 Å². The van der Waals surface area contributed by atoms with Crippen LogP contribution in [-0.2, 0) is 9.47 Å². The highest BCUT2D eigenvalue weighted by atomic mass is 16.6. The Kier molecular flexibility index (Phi) is 37.8. The number of unbranched alkanes of at least 4 members (excludes halogenated alkanes) is 27. The van der Waals surface area contributed by atoms with Gasteiger partial charge in [-0.25, -0.2) is 0 Å². The van der Waals surface area contributed by atoms with Crippen LogP contribution in [0.4, 0.5) is 0 Å². The van der Waals surface area contributed by atoms with E-state index in [9.17, 15) is 5.11 Å².